The summed E-state index contributed by atoms with van der Waals surface area (Å²) in [6, 6.07) is 0. The van der Waals surface area contributed by atoms with Crippen LogP contribution in [-0.2, 0) is 100.0 Å². The SMILES string of the molecule is CC(=O)OCC1OC(OCCCCC(=O)CCCCCC(=O)CCOCC(C)(COCCC(=O)CCCCCC(=O)CCCCOC2OC(COC(C)=O)C(C)C(C)C2C)COCCC(=O)NCCCNC(=O)CCCCOC2OC(COC(C)=O)C(C)C(C)C2C)C(C)C(C)C1C. The van der Waals surface area contributed by atoms with E-state index in [4.69, 9.17) is 56.8 Å². The Kier molecular flexibility index (Phi) is 44.9. The van der Waals surface area contributed by atoms with E-state index in [1.807, 2.05) is 6.92 Å². The van der Waals surface area contributed by atoms with Gasteiger partial charge in [-0.1, -0.05) is 82.1 Å². The second-order valence-electron chi connectivity index (χ2n) is 28.8. The monoisotopic (exact) mass is 1390 g/mol. The quantitative estimate of drug-likeness (QED) is 0.0325. The molecule has 3 saturated heterocycles. The molecule has 0 bridgehead atoms. The highest BCUT2D eigenvalue weighted by atomic mass is 16.7. The number of ketones is 4. The van der Waals surface area contributed by atoms with Crippen LogP contribution in [0.25, 0.3) is 0 Å². The second kappa shape index (κ2) is 50.1. The normalized spacial score (nSPS) is 26.2. The second-order valence-corrected chi connectivity index (χ2v) is 28.8. The van der Waals surface area contributed by atoms with Gasteiger partial charge in [-0.15, -0.1) is 0 Å². The van der Waals surface area contributed by atoms with Crippen molar-refractivity contribution in [2.24, 2.45) is 58.7 Å². The average Bonchev–Trinajstić information content (AvgIpc) is 0.834. The third-order valence-corrected chi connectivity index (χ3v) is 20.3. The van der Waals surface area contributed by atoms with Gasteiger partial charge in [0.05, 0.1) is 58.0 Å². The Balaban J connectivity index is 1.32. The molecule has 566 valence electrons. The van der Waals surface area contributed by atoms with E-state index in [0.29, 0.717) is 128 Å². The van der Waals surface area contributed by atoms with Crippen LogP contribution in [0.1, 0.15) is 238 Å². The van der Waals surface area contributed by atoms with E-state index >= 15 is 0 Å². The fourth-order valence-corrected chi connectivity index (χ4v) is 12.5. The highest BCUT2D eigenvalue weighted by molar-refractivity contribution is 5.80. The van der Waals surface area contributed by atoms with E-state index in [1.165, 1.54) is 20.8 Å². The van der Waals surface area contributed by atoms with Crippen molar-refractivity contribution in [3.63, 3.8) is 0 Å². The number of carbonyl (C=O) groups is 9. The maximum Gasteiger partial charge on any atom is 0.302 e. The Bertz CT molecular complexity index is 2080. The van der Waals surface area contributed by atoms with Gasteiger partial charge in [-0.2, -0.15) is 0 Å². The molecular weight excluding hydrogens is 1260 g/mol. The summed E-state index contributed by atoms with van der Waals surface area (Å²) >= 11 is 0. The molecule has 0 aromatic carbocycles. The molecule has 98 heavy (non-hydrogen) atoms. The van der Waals surface area contributed by atoms with Crippen molar-refractivity contribution in [3.8, 4) is 0 Å². The summed E-state index contributed by atoms with van der Waals surface area (Å²) < 4.78 is 70.5. The van der Waals surface area contributed by atoms with Gasteiger partial charge in [0.1, 0.15) is 43.0 Å². The maximum absolute atomic E-state index is 12.9. The number of unbranched alkanes of at least 4 members (excludes halogenated alkanes) is 7. The molecule has 0 radical (unpaired) electrons. The van der Waals surface area contributed by atoms with Gasteiger partial charge < -0.3 is 67.5 Å². The van der Waals surface area contributed by atoms with Crippen LogP contribution in [0.15, 0.2) is 0 Å². The summed E-state index contributed by atoms with van der Waals surface area (Å²) in [6.45, 7) is 29.2. The lowest BCUT2D eigenvalue weighted by Crippen LogP contribution is -2.47. The van der Waals surface area contributed by atoms with Gasteiger partial charge in [0.15, 0.2) is 18.9 Å². The van der Waals surface area contributed by atoms with E-state index in [0.717, 1.165) is 51.4 Å². The van der Waals surface area contributed by atoms with Crippen LogP contribution in [0.3, 0.4) is 0 Å². The number of amides is 2. The number of carbonyl (C=O) groups excluding carboxylic acids is 9. The molecule has 23 nitrogen and oxygen atoms in total. The van der Waals surface area contributed by atoms with Gasteiger partial charge in [0.2, 0.25) is 11.8 Å². The van der Waals surface area contributed by atoms with Crippen molar-refractivity contribution in [3.05, 3.63) is 0 Å². The zero-order valence-electron chi connectivity index (χ0n) is 62.4. The smallest absolute Gasteiger partial charge is 0.302 e. The Morgan fingerprint density at radius 2 is 0.592 bits per heavy atom. The third-order valence-electron chi connectivity index (χ3n) is 20.3. The Morgan fingerprint density at radius 3 is 0.908 bits per heavy atom. The lowest BCUT2D eigenvalue weighted by atomic mass is 9.79. The summed E-state index contributed by atoms with van der Waals surface area (Å²) in [6.07, 6.45) is 10.9. The van der Waals surface area contributed by atoms with Gasteiger partial charge in [0, 0.05) is 141 Å². The first-order chi connectivity index (χ1) is 46.7. The number of rotatable bonds is 55. The van der Waals surface area contributed by atoms with Crippen molar-refractivity contribution in [2.45, 2.75) is 275 Å². The van der Waals surface area contributed by atoms with Crippen molar-refractivity contribution in [2.75, 3.05) is 92.4 Å². The zero-order chi connectivity index (χ0) is 72.4. The molecule has 0 spiro atoms. The summed E-state index contributed by atoms with van der Waals surface area (Å²) in [5.41, 5.74) is -0.655. The van der Waals surface area contributed by atoms with Crippen LogP contribution in [0.5, 0.6) is 0 Å². The van der Waals surface area contributed by atoms with Crippen molar-refractivity contribution in [1.82, 2.24) is 10.6 Å². The molecule has 0 aromatic heterocycles. The van der Waals surface area contributed by atoms with Gasteiger partial charge in [-0.05, 0) is 106 Å². The fourth-order valence-electron chi connectivity index (χ4n) is 12.5. The lowest BCUT2D eigenvalue weighted by Gasteiger charge is -2.43. The van der Waals surface area contributed by atoms with Gasteiger partial charge in [-0.3, -0.25) is 43.2 Å². The molecule has 23 heteroatoms. The van der Waals surface area contributed by atoms with Gasteiger partial charge in [-0.25, -0.2) is 0 Å². The molecule has 2 N–H and O–H groups in total. The average molecular weight is 1400 g/mol. The van der Waals surface area contributed by atoms with Crippen LogP contribution < -0.4 is 10.6 Å². The van der Waals surface area contributed by atoms with Crippen LogP contribution in [-0.4, -0.2) is 182 Å². The molecule has 3 fully saturated rings. The number of hydrogen-bond donors (Lipinski definition) is 2. The first kappa shape index (κ1) is 87.9. The number of esters is 3. The predicted molar refractivity (Wildman–Crippen MR) is 369 cm³/mol. The maximum atomic E-state index is 12.9. The standard InChI is InChI=1S/C75H130N2O21/c1-51-54(4)67(45-93-60(10)78)96-72(57(51)7)90-39-23-20-31-63(81)27-16-14-18-29-65(83)34-42-87-48-75(13,49-88-43-35-66(84)30-19-15-17-28-64(82)32-21-24-40-91-73-58(8)52(2)55(5)68(97-73)46-94-61(11)79)50-89-44-36-71(86)77-38-26-37-76-70(85)33-22-25-41-92-74-59(9)53(3)56(6)69(98-74)47-95-62(12)80/h51-59,67-69,72-74H,14-50H2,1-13H3,(H,76,85)(H,77,86). The summed E-state index contributed by atoms with van der Waals surface area (Å²) in [7, 11) is 0. The van der Waals surface area contributed by atoms with Crippen LogP contribution in [0.2, 0.25) is 0 Å². The zero-order valence-corrected chi connectivity index (χ0v) is 62.4. The number of Topliss-reactive ketones (excluding diaryl/α,β-unsaturated/α-hetero) is 4. The van der Waals surface area contributed by atoms with E-state index in [2.05, 4.69) is 72.9 Å². The molecule has 15 unspecified atom stereocenters. The van der Waals surface area contributed by atoms with E-state index in [9.17, 15) is 43.2 Å². The Morgan fingerprint density at radius 1 is 0.316 bits per heavy atom. The highest BCUT2D eigenvalue weighted by Crippen LogP contribution is 2.38. The summed E-state index contributed by atoms with van der Waals surface area (Å²) in [5, 5.41) is 5.80. The van der Waals surface area contributed by atoms with Crippen molar-refractivity contribution >= 4 is 52.9 Å². The van der Waals surface area contributed by atoms with Crippen molar-refractivity contribution in [1.29, 1.82) is 0 Å². The first-order valence-corrected chi connectivity index (χ1v) is 37.3. The molecular formula is C75H130N2O21. The van der Waals surface area contributed by atoms with Crippen LogP contribution >= 0.6 is 0 Å². The van der Waals surface area contributed by atoms with Crippen molar-refractivity contribution < 1.29 is 100.0 Å². The molecule has 15 atom stereocenters. The van der Waals surface area contributed by atoms with E-state index < -0.39 is 24.3 Å². The van der Waals surface area contributed by atoms with E-state index in [1.54, 1.807) is 0 Å². The molecule has 0 aliphatic carbocycles. The Hall–Kier alpha value is -4.33. The third kappa shape index (κ3) is 37.0. The van der Waals surface area contributed by atoms with E-state index in [-0.39, 0.29) is 185 Å². The minimum absolute atomic E-state index is 0.0717. The Labute approximate surface area is 587 Å². The fraction of sp³-hybridized carbons (Fsp3) is 0.880. The molecule has 0 aromatic rings. The minimum Gasteiger partial charge on any atom is -0.463 e. The molecule has 2 amide bonds. The van der Waals surface area contributed by atoms with Gasteiger partial charge >= 0.3 is 17.9 Å². The number of nitrogens with one attached hydrogen (secondary N) is 2. The molecule has 3 rings (SSSR count). The minimum atomic E-state index is -0.655. The number of ether oxygens (including phenoxy) is 12. The lowest BCUT2D eigenvalue weighted by molar-refractivity contribution is -0.255. The summed E-state index contributed by atoms with van der Waals surface area (Å²) in [5.74, 6) is 1.45. The summed E-state index contributed by atoms with van der Waals surface area (Å²) in [4.78, 5) is 111. The first-order valence-electron chi connectivity index (χ1n) is 37.3. The van der Waals surface area contributed by atoms with Crippen LogP contribution in [0, 0.1) is 58.7 Å². The predicted octanol–water partition coefficient (Wildman–Crippen LogP) is 11.2. The topological polar surface area (TPSA) is 288 Å². The molecule has 0 saturated carbocycles. The molecule has 3 heterocycles. The largest absolute Gasteiger partial charge is 0.463 e. The highest BCUT2D eigenvalue weighted by Gasteiger charge is 2.43. The molecule has 3 aliphatic heterocycles. The van der Waals surface area contributed by atoms with Crippen LogP contribution in [0.4, 0.5) is 0 Å². The molecule has 3 aliphatic rings. The number of hydrogen-bond acceptors (Lipinski definition) is 21. The van der Waals surface area contributed by atoms with Gasteiger partial charge in [0.25, 0.3) is 0 Å².